The normalized spacial score (nSPS) is 26.5. The van der Waals surface area contributed by atoms with E-state index in [1.165, 1.54) is 64.2 Å². The van der Waals surface area contributed by atoms with Gasteiger partial charge in [-0.05, 0) is 12.8 Å². The summed E-state index contributed by atoms with van der Waals surface area (Å²) in [4.78, 5) is 9.00. The van der Waals surface area contributed by atoms with Crippen LogP contribution in [0.4, 0.5) is 0 Å². The summed E-state index contributed by atoms with van der Waals surface area (Å²) in [7, 11) is 0. The first-order valence-electron chi connectivity index (χ1n) is 11.2. The minimum absolute atomic E-state index is 0.323. The molecule has 0 radical (unpaired) electrons. The molecule has 0 bridgehead atoms. The molecule has 0 spiro atoms. The molecule has 0 aromatic heterocycles. The van der Waals surface area contributed by atoms with Gasteiger partial charge < -0.3 is 19.3 Å². The SMILES string of the molecule is CC(=O)O.CCCCCCCC1(OC2(CCCCCCC)CCO2)CCO1. The maximum atomic E-state index is 9.00. The highest BCUT2D eigenvalue weighted by Crippen LogP contribution is 2.44. The Bertz CT molecular complexity index is 354. The Kier molecular flexibility index (Phi) is 12.2. The lowest BCUT2D eigenvalue weighted by molar-refractivity contribution is -0.432. The quantitative estimate of drug-likeness (QED) is 0.368. The van der Waals surface area contributed by atoms with Gasteiger partial charge in [0.05, 0.1) is 13.2 Å². The van der Waals surface area contributed by atoms with E-state index in [-0.39, 0.29) is 11.6 Å². The van der Waals surface area contributed by atoms with E-state index in [1.54, 1.807) is 0 Å². The van der Waals surface area contributed by atoms with Crippen LogP contribution in [-0.2, 0) is 19.0 Å². The summed E-state index contributed by atoms with van der Waals surface area (Å²) in [5, 5.41) is 7.42. The first-order valence-corrected chi connectivity index (χ1v) is 11.2. The zero-order chi connectivity index (χ0) is 20.0. The summed E-state index contributed by atoms with van der Waals surface area (Å²) in [6.45, 7) is 7.30. The van der Waals surface area contributed by atoms with Crippen molar-refractivity contribution < 1.29 is 24.1 Å². The lowest BCUT2D eigenvalue weighted by atomic mass is 9.95. The summed E-state index contributed by atoms with van der Waals surface area (Å²) in [5.41, 5.74) is 0. The van der Waals surface area contributed by atoms with Crippen LogP contribution in [0.5, 0.6) is 0 Å². The van der Waals surface area contributed by atoms with Gasteiger partial charge in [-0.2, -0.15) is 0 Å². The van der Waals surface area contributed by atoms with E-state index in [1.807, 2.05) is 0 Å². The predicted molar refractivity (Wildman–Crippen MR) is 108 cm³/mol. The van der Waals surface area contributed by atoms with Crippen LogP contribution >= 0.6 is 0 Å². The third-order valence-corrected chi connectivity index (χ3v) is 5.39. The molecule has 2 aliphatic heterocycles. The van der Waals surface area contributed by atoms with Crippen molar-refractivity contribution in [2.24, 2.45) is 0 Å². The van der Waals surface area contributed by atoms with Crippen molar-refractivity contribution in [3.8, 4) is 0 Å². The number of carbonyl (C=O) groups is 1. The van der Waals surface area contributed by atoms with Gasteiger partial charge >= 0.3 is 0 Å². The van der Waals surface area contributed by atoms with Crippen LogP contribution in [0.15, 0.2) is 0 Å². The average molecular weight is 387 g/mol. The number of aliphatic carboxylic acids is 1. The summed E-state index contributed by atoms with van der Waals surface area (Å²) < 4.78 is 18.3. The molecule has 2 aliphatic rings. The fourth-order valence-electron chi connectivity index (χ4n) is 3.65. The highest BCUT2D eigenvalue weighted by atomic mass is 16.8. The molecule has 2 saturated heterocycles. The van der Waals surface area contributed by atoms with Gasteiger partial charge in [-0.1, -0.05) is 65.2 Å². The molecule has 27 heavy (non-hydrogen) atoms. The molecule has 0 amide bonds. The van der Waals surface area contributed by atoms with Gasteiger partial charge in [0.2, 0.25) is 0 Å². The van der Waals surface area contributed by atoms with E-state index in [2.05, 4.69) is 13.8 Å². The molecule has 2 heterocycles. The van der Waals surface area contributed by atoms with E-state index in [9.17, 15) is 0 Å². The van der Waals surface area contributed by atoms with Crippen molar-refractivity contribution in [1.29, 1.82) is 0 Å². The van der Waals surface area contributed by atoms with Crippen molar-refractivity contribution in [3.63, 3.8) is 0 Å². The van der Waals surface area contributed by atoms with Crippen molar-refractivity contribution in [2.45, 2.75) is 122 Å². The molecule has 0 aliphatic carbocycles. The summed E-state index contributed by atoms with van der Waals surface area (Å²) in [5.74, 6) is -1.48. The van der Waals surface area contributed by atoms with Crippen LogP contribution in [0.2, 0.25) is 0 Å². The highest BCUT2D eigenvalue weighted by molar-refractivity contribution is 5.62. The Morgan fingerprint density at radius 2 is 1.15 bits per heavy atom. The largest absolute Gasteiger partial charge is 0.481 e. The number of ether oxygens (including phenoxy) is 3. The molecular weight excluding hydrogens is 344 g/mol. The van der Waals surface area contributed by atoms with Crippen molar-refractivity contribution in [1.82, 2.24) is 0 Å². The Morgan fingerprint density at radius 1 is 0.815 bits per heavy atom. The van der Waals surface area contributed by atoms with Crippen LogP contribution in [0, 0.1) is 0 Å². The van der Waals surface area contributed by atoms with E-state index in [4.69, 9.17) is 24.1 Å². The first-order chi connectivity index (χ1) is 13.0. The first kappa shape index (κ1) is 24.4. The molecule has 0 aromatic rings. The molecular formula is C22H42O5. The van der Waals surface area contributed by atoms with Gasteiger partial charge in [0.25, 0.3) is 5.97 Å². The molecule has 5 heteroatoms. The molecule has 1 N–H and O–H groups in total. The second-order valence-electron chi connectivity index (χ2n) is 7.97. The molecule has 2 atom stereocenters. The van der Waals surface area contributed by atoms with Crippen LogP contribution in [0.3, 0.4) is 0 Å². The molecule has 0 aromatic carbocycles. The topological polar surface area (TPSA) is 65.0 Å². The van der Waals surface area contributed by atoms with E-state index < -0.39 is 5.97 Å². The number of carboxylic acids is 1. The molecule has 160 valence electrons. The highest BCUT2D eigenvalue weighted by Gasteiger charge is 2.50. The molecule has 2 unspecified atom stereocenters. The van der Waals surface area contributed by atoms with E-state index in [0.29, 0.717) is 0 Å². The lowest BCUT2D eigenvalue weighted by Gasteiger charge is -2.51. The van der Waals surface area contributed by atoms with E-state index in [0.717, 1.165) is 45.8 Å². The third-order valence-electron chi connectivity index (χ3n) is 5.39. The van der Waals surface area contributed by atoms with Gasteiger partial charge in [0.1, 0.15) is 0 Å². The second kappa shape index (κ2) is 13.5. The average Bonchev–Trinajstić information content (AvgIpc) is 2.55. The second-order valence-corrected chi connectivity index (χ2v) is 7.97. The fraction of sp³-hybridized carbons (Fsp3) is 0.955. The van der Waals surface area contributed by atoms with Gasteiger partial charge in [-0.25, -0.2) is 0 Å². The van der Waals surface area contributed by atoms with Crippen molar-refractivity contribution in [2.75, 3.05) is 13.2 Å². The Hall–Kier alpha value is -0.650. The lowest BCUT2D eigenvalue weighted by Crippen LogP contribution is -2.57. The minimum atomic E-state index is -0.833. The summed E-state index contributed by atoms with van der Waals surface area (Å²) in [6.07, 6.45) is 17.2. The number of hydrogen-bond donors (Lipinski definition) is 1. The third kappa shape index (κ3) is 9.91. The van der Waals surface area contributed by atoms with Gasteiger partial charge in [-0.3, -0.25) is 4.79 Å². The van der Waals surface area contributed by atoms with Gasteiger partial charge in [-0.15, -0.1) is 0 Å². The summed E-state index contributed by atoms with van der Waals surface area (Å²) in [6, 6.07) is 0. The summed E-state index contributed by atoms with van der Waals surface area (Å²) >= 11 is 0. The Balaban J connectivity index is 0.000000828. The number of carboxylic acid groups (broad SMARTS) is 1. The maximum absolute atomic E-state index is 9.00. The van der Waals surface area contributed by atoms with Crippen molar-refractivity contribution >= 4 is 5.97 Å². The number of rotatable bonds is 14. The van der Waals surface area contributed by atoms with Crippen LogP contribution in [0.25, 0.3) is 0 Å². The van der Waals surface area contributed by atoms with Crippen molar-refractivity contribution in [3.05, 3.63) is 0 Å². The number of hydrogen-bond acceptors (Lipinski definition) is 4. The molecule has 5 nitrogen and oxygen atoms in total. The standard InChI is InChI=1S/C20H38O3.C2H4O2/c1-3-5-7-9-11-13-19(15-17-21-19)23-20(16-18-22-20)14-12-10-8-6-4-2;1-2(3)4/h3-18H2,1-2H3;1H3,(H,3,4). The molecule has 2 rings (SSSR count). The predicted octanol–water partition coefficient (Wildman–Crippen LogP) is 6.05. The Morgan fingerprint density at radius 3 is 1.41 bits per heavy atom. The van der Waals surface area contributed by atoms with Gasteiger partial charge in [0, 0.05) is 32.6 Å². The number of unbranched alkanes of at least 4 members (excludes halogenated alkanes) is 8. The molecule has 0 saturated carbocycles. The Labute approximate surface area is 166 Å². The van der Waals surface area contributed by atoms with E-state index >= 15 is 0 Å². The van der Waals surface area contributed by atoms with Crippen LogP contribution in [-0.4, -0.2) is 35.9 Å². The minimum Gasteiger partial charge on any atom is -0.481 e. The van der Waals surface area contributed by atoms with Crippen LogP contribution < -0.4 is 0 Å². The smallest absolute Gasteiger partial charge is 0.300 e. The zero-order valence-corrected chi connectivity index (χ0v) is 17.9. The fourth-order valence-corrected chi connectivity index (χ4v) is 3.65. The monoisotopic (exact) mass is 386 g/mol. The molecule has 2 fully saturated rings. The maximum Gasteiger partial charge on any atom is 0.300 e. The van der Waals surface area contributed by atoms with Crippen LogP contribution in [0.1, 0.15) is 111 Å². The van der Waals surface area contributed by atoms with Gasteiger partial charge in [0.15, 0.2) is 11.6 Å². The zero-order valence-electron chi connectivity index (χ0n) is 17.9.